The highest BCUT2D eigenvalue weighted by atomic mass is 19.4. The average molecular weight is 251 g/mol. The molecule has 1 N–H and O–H groups in total. The Balaban J connectivity index is 5.48. The lowest BCUT2D eigenvalue weighted by Crippen LogP contribution is -2.64. The Morgan fingerprint density at radius 3 is 2.24 bits per heavy atom. The molecule has 0 aliphatic rings. The van der Waals surface area contributed by atoms with Crippen molar-refractivity contribution in [2.24, 2.45) is 0 Å². The standard InChI is InChI=1S/C10H12F3NO3/c1-4-6-9(10(11,12)13,14-7(3)15)8(16)17-5-2/h1H,5-6H2,2-3H3,(H,14,15). The molecule has 1 amide bonds. The van der Waals surface area contributed by atoms with Crippen LogP contribution < -0.4 is 5.32 Å². The van der Waals surface area contributed by atoms with Crippen LogP contribution in [0, 0.1) is 12.3 Å². The van der Waals surface area contributed by atoms with Gasteiger partial charge in [-0.2, -0.15) is 13.2 Å². The normalized spacial score (nSPS) is 14.4. The molecule has 4 nitrogen and oxygen atoms in total. The van der Waals surface area contributed by atoms with Crippen molar-refractivity contribution < 1.29 is 27.5 Å². The Hall–Kier alpha value is -1.71. The zero-order valence-corrected chi connectivity index (χ0v) is 9.35. The van der Waals surface area contributed by atoms with Crippen molar-refractivity contribution in [2.75, 3.05) is 6.61 Å². The largest absolute Gasteiger partial charge is 0.464 e. The Labute approximate surface area is 96.5 Å². The van der Waals surface area contributed by atoms with Gasteiger partial charge in [0.1, 0.15) is 0 Å². The van der Waals surface area contributed by atoms with Crippen LogP contribution in [-0.2, 0) is 14.3 Å². The number of amides is 1. The molecule has 0 radical (unpaired) electrons. The second kappa shape index (κ2) is 5.57. The predicted octanol–water partition coefficient (Wildman–Crippen LogP) is 1.01. The molecule has 0 spiro atoms. The summed E-state index contributed by atoms with van der Waals surface area (Å²) in [7, 11) is 0. The van der Waals surface area contributed by atoms with Crippen molar-refractivity contribution in [3.05, 3.63) is 0 Å². The van der Waals surface area contributed by atoms with Crippen LogP contribution in [0.4, 0.5) is 13.2 Å². The molecule has 0 fully saturated rings. The molecule has 17 heavy (non-hydrogen) atoms. The number of alkyl halides is 3. The summed E-state index contributed by atoms with van der Waals surface area (Å²) in [4.78, 5) is 22.2. The van der Waals surface area contributed by atoms with Gasteiger partial charge in [0.2, 0.25) is 11.4 Å². The summed E-state index contributed by atoms with van der Waals surface area (Å²) in [5.74, 6) is -0.909. The molecule has 0 aromatic rings. The van der Waals surface area contributed by atoms with Crippen LogP contribution in [0.2, 0.25) is 0 Å². The Kier molecular flexibility index (Phi) is 5.01. The van der Waals surface area contributed by atoms with Crippen LogP contribution in [0.15, 0.2) is 0 Å². The van der Waals surface area contributed by atoms with Crippen molar-refractivity contribution >= 4 is 11.9 Å². The Morgan fingerprint density at radius 2 is 1.94 bits per heavy atom. The molecule has 0 heterocycles. The van der Waals surface area contributed by atoms with Gasteiger partial charge in [0, 0.05) is 6.92 Å². The van der Waals surface area contributed by atoms with Gasteiger partial charge in [-0.3, -0.25) is 4.79 Å². The minimum atomic E-state index is -5.03. The monoisotopic (exact) mass is 251 g/mol. The lowest BCUT2D eigenvalue weighted by molar-refractivity contribution is -0.213. The summed E-state index contributed by atoms with van der Waals surface area (Å²) in [6, 6.07) is 0. The predicted molar refractivity (Wildman–Crippen MR) is 52.7 cm³/mol. The molecule has 1 unspecified atom stereocenters. The van der Waals surface area contributed by atoms with Crippen LogP contribution in [0.3, 0.4) is 0 Å². The van der Waals surface area contributed by atoms with Crippen LogP contribution in [-0.4, -0.2) is 30.2 Å². The fourth-order valence-corrected chi connectivity index (χ4v) is 1.16. The number of nitrogens with one attached hydrogen (secondary N) is 1. The lowest BCUT2D eigenvalue weighted by atomic mass is 9.94. The van der Waals surface area contributed by atoms with E-state index in [0.717, 1.165) is 6.92 Å². The molecule has 0 bridgehead atoms. The molecular formula is C10H12F3NO3. The fourth-order valence-electron chi connectivity index (χ4n) is 1.16. The number of carbonyl (C=O) groups excluding carboxylic acids is 2. The number of rotatable bonds is 4. The average Bonchev–Trinajstić information content (AvgIpc) is 2.14. The van der Waals surface area contributed by atoms with E-state index in [1.54, 1.807) is 5.92 Å². The molecule has 96 valence electrons. The molecule has 0 rings (SSSR count). The first kappa shape index (κ1) is 15.3. The van der Waals surface area contributed by atoms with Gasteiger partial charge < -0.3 is 10.1 Å². The molecule has 0 aromatic heterocycles. The molecule has 0 aliphatic carbocycles. The maximum atomic E-state index is 12.9. The lowest BCUT2D eigenvalue weighted by Gasteiger charge is -2.32. The maximum absolute atomic E-state index is 12.9. The van der Waals surface area contributed by atoms with Crippen LogP contribution in [0.25, 0.3) is 0 Å². The summed E-state index contributed by atoms with van der Waals surface area (Å²) in [5.41, 5.74) is -3.18. The van der Waals surface area contributed by atoms with Gasteiger partial charge in [0.15, 0.2) is 0 Å². The van der Waals surface area contributed by atoms with Gasteiger partial charge in [0.25, 0.3) is 0 Å². The van der Waals surface area contributed by atoms with Crippen LogP contribution in [0.5, 0.6) is 0 Å². The highest BCUT2D eigenvalue weighted by molar-refractivity contribution is 5.88. The highest BCUT2D eigenvalue weighted by Gasteiger charge is 2.62. The number of carbonyl (C=O) groups is 2. The van der Waals surface area contributed by atoms with Crippen molar-refractivity contribution in [1.29, 1.82) is 0 Å². The molecular weight excluding hydrogens is 239 g/mol. The van der Waals surface area contributed by atoms with E-state index in [2.05, 4.69) is 4.74 Å². The van der Waals surface area contributed by atoms with E-state index in [-0.39, 0.29) is 6.61 Å². The Bertz CT molecular complexity index is 346. The number of hydrogen-bond acceptors (Lipinski definition) is 3. The second-order valence-electron chi connectivity index (χ2n) is 3.19. The van der Waals surface area contributed by atoms with Crippen molar-refractivity contribution in [3.8, 4) is 12.3 Å². The first-order valence-corrected chi connectivity index (χ1v) is 4.67. The van der Waals surface area contributed by atoms with Crippen molar-refractivity contribution in [1.82, 2.24) is 5.32 Å². The SMILES string of the molecule is C#CCC(NC(C)=O)(C(=O)OCC)C(F)(F)F. The number of hydrogen-bond donors (Lipinski definition) is 1. The van der Waals surface area contributed by atoms with Gasteiger partial charge in [-0.15, -0.1) is 12.3 Å². The van der Waals surface area contributed by atoms with E-state index in [1.165, 1.54) is 12.2 Å². The van der Waals surface area contributed by atoms with Gasteiger partial charge in [-0.25, -0.2) is 4.79 Å². The smallest absolute Gasteiger partial charge is 0.423 e. The number of esters is 1. The zero-order chi connectivity index (χ0) is 13.7. The molecule has 0 saturated carbocycles. The van der Waals surface area contributed by atoms with Crippen LogP contribution in [0.1, 0.15) is 20.3 Å². The molecule has 0 aromatic carbocycles. The highest BCUT2D eigenvalue weighted by Crippen LogP contribution is 2.34. The van der Waals surface area contributed by atoms with Crippen molar-refractivity contribution in [2.45, 2.75) is 32.0 Å². The third-order valence-corrected chi connectivity index (χ3v) is 1.86. The maximum Gasteiger partial charge on any atom is 0.423 e. The number of ether oxygens (including phenoxy) is 1. The number of terminal acetylenes is 1. The molecule has 7 heteroatoms. The Morgan fingerprint density at radius 1 is 1.41 bits per heavy atom. The van der Waals surface area contributed by atoms with Gasteiger partial charge in [-0.05, 0) is 6.92 Å². The summed E-state index contributed by atoms with van der Waals surface area (Å²) in [6.45, 7) is 1.96. The van der Waals surface area contributed by atoms with Gasteiger partial charge >= 0.3 is 12.1 Å². The van der Waals surface area contributed by atoms with E-state index in [4.69, 9.17) is 6.42 Å². The second-order valence-corrected chi connectivity index (χ2v) is 3.19. The summed E-state index contributed by atoms with van der Waals surface area (Å²) in [5, 5.41) is 1.54. The first-order chi connectivity index (χ1) is 7.71. The molecule has 0 saturated heterocycles. The van der Waals surface area contributed by atoms with Crippen LogP contribution >= 0.6 is 0 Å². The summed E-state index contributed by atoms with van der Waals surface area (Å²) >= 11 is 0. The van der Waals surface area contributed by atoms with E-state index in [0.29, 0.717) is 0 Å². The topological polar surface area (TPSA) is 55.4 Å². The van der Waals surface area contributed by atoms with E-state index < -0.39 is 30.0 Å². The quantitative estimate of drug-likeness (QED) is 0.599. The van der Waals surface area contributed by atoms with E-state index in [9.17, 15) is 22.8 Å². The third-order valence-electron chi connectivity index (χ3n) is 1.86. The fraction of sp³-hybridized carbons (Fsp3) is 0.600. The molecule has 1 atom stereocenters. The number of halogens is 3. The molecule has 0 aliphatic heterocycles. The summed E-state index contributed by atoms with van der Waals surface area (Å²) < 4.78 is 43.0. The zero-order valence-electron chi connectivity index (χ0n) is 9.35. The van der Waals surface area contributed by atoms with E-state index in [1.807, 2.05) is 0 Å². The minimum absolute atomic E-state index is 0.249. The third kappa shape index (κ3) is 3.37. The minimum Gasteiger partial charge on any atom is -0.464 e. The van der Waals surface area contributed by atoms with Gasteiger partial charge in [0.05, 0.1) is 13.0 Å². The first-order valence-electron chi connectivity index (χ1n) is 4.67. The van der Waals surface area contributed by atoms with Crippen molar-refractivity contribution in [3.63, 3.8) is 0 Å². The summed E-state index contributed by atoms with van der Waals surface area (Å²) in [6.07, 6.45) is -1.24. The van der Waals surface area contributed by atoms with Gasteiger partial charge in [-0.1, -0.05) is 0 Å². The van der Waals surface area contributed by atoms with E-state index >= 15 is 0 Å².